The van der Waals surface area contributed by atoms with Crippen molar-refractivity contribution in [1.29, 1.82) is 5.41 Å². The first-order valence-corrected chi connectivity index (χ1v) is 5.43. The third kappa shape index (κ3) is 3.55. The lowest BCUT2D eigenvalue weighted by molar-refractivity contribution is -0.384. The van der Waals surface area contributed by atoms with Crippen LogP contribution >= 0.6 is 0 Å². The van der Waals surface area contributed by atoms with Crippen molar-refractivity contribution in [2.24, 2.45) is 0 Å². The second-order valence-electron chi connectivity index (χ2n) is 4.22. The quantitative estimate of drug-likeness (QED) is 0.484. The van der Waals surface area contributed by atoms with E-state index in [0.29, 0.717) is 12.1 Å². The van der Waals surface area contributed by atoms with Crippen molar-refractivity contribution < 1.29 is 4.92 Å². The van der Waals surface area contributed by atoms with Crippen LogP contribution in [0, 0.1) is 15.5 Å². The van der Waals surface area contributed by atoms with Gasteiger partial charge in [-0.1, -0.05) is 0 Å². The molecule has 0 heterocycles. The fourth-order valence-corrected chi connectivity index (χ4v) is 1.64. The molecule has 1 N–H and O–H groups in total. The molecule has 0 amide bonds. The Balaban J connectivity index is 2.78. The Morgan fingerprint density at radius 3 is 2.41 bits per heavy atom. The van der Waals surface area contributed by atoms with E-state index in [4.69, 9.17) is 5.41 Å². The van der Waals surface area contributed by atoms with Crippen LogP contribution in [0.4, 0.5) is 11.4 Å². The average Bonchev–Trinajstić information content (AvgIpc) is 2.27. The number of non-ortho nitro benzene ring substituents is 1. The summed E-state index contributed by atoms with van der Waals surface area (Å²) in [5.74, 6) is 0. The lowest BCUT2D eigenvalue weighted by Crippen LogP contribution is -2.30. The van der Waals surface area contributed by atoms with Crippen LogP contribution in [0.25, 0.3) is 0 Å². The van der Waals surface area contributed by atoms with Gasteiger partial charge in [0.15, 0.2) is 0 Å². The van der Waals surface area contributed by atoms with Gasteiger partial charge >= 0.3 is 0 Å². The molecule has 0 spiro atoms. The molecule has 0 aliphatic heterocycles. The SMILES string of the molecule is CC(=N)CC(C)N(C)c1ccc([N+](=O)[O-])cc1. The largest absolute Gasteiger partial charge is 0.372 e. The smallest absolute Gasteiger partial charge is 0.269 e. The Labute approximate surface area is 101 Å². The Bertz CT molecular complexity index is 414. The molecule has 0 aromatic heterocycles. The molecule has 1 unspecified atom stereocenters. The summed E-state index contributed by atoms with van der Waals surface area (Å²) < 4.78 is 0. The number of rotatable bonds is 5. The van der Waals surface area contributed by atoms with Crippen LogP contribution in [-0.2, 0) is 0 Å². The van der Waals surface area contributed by atoms with Gasteiger partial charge in [0, 0.05) is 43.0 Å². The summed E-state index contributed by atoms with van der Waals surface area (Å²) >= 11 is 0. The van der Waals surface area contributed by atoms with Crippen LogP contribution in [0.1, 0.15) is 20.3 Å². The van der Waals surface area contributed by atoms with Gasteiger partial charge in [-0.2, -0.15) is 0 Å². The third-order valence-electron chi connectivity index (χ3n) is 2.73. The van der Waals surface area contributed by atoms with Crippen molar-refractivity contribution in [2.45, 2.75) is 26.3 Å². The molecule has 0 bridgehead atoms. The van der Waals surface area contributed by atoms with Crippen LogP contribution in [0.3, 0.4) is 0 Å². The molecule has 5 heteroatoms. The zero-order chi connectivity index (χ0) is 13.0. The maximum absolute atomic E-state index is 10.5. The number of nitro benzene ring substituents is 1. The van der Waals surface area contributed by atoms with Crippen LogP contribution in [0.5, 0.6) is 0 Å². The molecular weight excluding hydrogens is 218 g/mol. The summed E-state index contributed by atoms with van der Waals surface area (Å²) in [5.41, 5.74) is 1.65. The summed E-state index contributed by atoms with van der Waals surface area (Å²) in [6.45, 7) is 3.81. The third-order valence-corrected chi connectivity index (χ3v) is 2.73. The van der Waals surface area contributed by atoms with Crippen LogP contribution in [-0.4, -0.2) is 23.7 Å². The van der Waals surface area contributed by atoms with E-state index >= 15 is 0 Å². The molecule has 0 aliphatic carbocycles. The van der Waals surface area contributed by atoms with Crippen molar-refractivity contribution in [2.75, 3.05) is 11.9 Å². The number of nitrogens with one attached hydrogen (secondary N) is 1. The zero-order valence-corrected chi connectivity index (χ0v) is 10.3. The summed E-state index contributed by atoms with van der Waals surface area (Å²) in [4.78, 5) is 12.1. The number of anilines is 1. The van der Waals surface area contributed by atoms with Crippen molar-refractivity contribution in [3.63, 3.8) is 0 Å². The molecule has 5 nitrogen and oxygen atoms in total. The van der Waals surface area contributed by atoms with Gasteiger partial charge in [0.2, 0.25) is 0 Å². The van der Waals surface area contributed by atoms with Crippen molar-refractivity contribution in [1.82, 2.24) is 0 Å². The first kappa shape index (κ1) is 13.2. The first-order valence-electron chi connectivity index (χ1n) is 5.43. The molecule has 0 saturated carbocycles. The molecule has 1 atom stereocenters. The van der Waals surface area contributed by atoms with E-state index in [0.717, 1.165) is 5.69 Å². The number of benzene rings is 1. The van der Waals surface area contributed by atoms with Gasteiger partial charge in [-0.15, -0.1) is 0 Å². The van der Waals surface area contributed by atoms with Crippen LogP contribution < -0.4 is 4.90 Å². The number of nitro groups is 1. The maximum Gasteiger partial charge on any atom is 0.269 e. The van der Waals surface area contributed by atoms with Crippen molar-refractivity contribution >= 4 is 17.1 Å². The van der Waals surface area contributed by atoms with E-state index in [-0.39, 0.29) is 11.7 Å². The number of hydrogen-bond acceptors (Lipinski definition) is 4. The van der Waals surface area contributed by atoms with E-state index in [1.165, 1.54) is 12.1 Å². The Kier molecular flexibility index (Phi) is 4.20. The van der Waals surface area contributed by atoms with Gasteiger partial charge in [0.1, 0.15) is 0 Å². The van der Waals surface area contributed by atoms with Gasteiger partial charge in [-0.25, -0.2) is 0 Å². The van der Waals surface area contributed by atoms with Crippen molar-refractivity contribution in [3.8, 4) is 0 Å². The van der Waals surface area contributed by atoms with E-state index in [2.05, 4.69) is 0 Å². The molecule has 0 radical (unpaired) electrons. The predicted molar refractivity (Wildman–Crippen MR) is 69.0 cm³/mol. The summed E-state index contributed by atoms with van der Waals surface area (Å²) in [6.07, 6.45) is 0.688. The molecule has 0 saturated heterocycles. The van der Waals surface area contributed by atoms with Gasteiger partial charge < -0.3 is 10.3 Å². The lowest BCUT2D eigenvalue weighted by Gasteiger charge is -2.26. The van der Waals surface area contributed by atoms with E-state index in [1.54, 1.807) is 19.1 Å². The van der Waals surface area contributed by atoms with Gasteiger partial charge in [-0.3, -0.25) is 10.1 Å². The van der Waals surface area contributed by atoms with Gasteiger partial charge in [-0.05, 0) is 26.0 Å². The maximum atomic E-state index is 10.5. The van der Waals surface area contributed by atoms with E-state index < -0.39 is 4.92 Å². The highest BCUT2D eigenvalue weighted by Gasteiger charge is 2.12. The first-order chi connectivity index (χ1) is 7.91. The predicted octanol–water partition coefficient (Wildman–Crippen LogP) is 2.85. The normalized spacial score (nSPS) is 11.9. The molecule has 1 rings (SSSR count). The summed E-state index contributed by atoms with van der Waals surface area (Å²) in [5, 5.41) is 18.0. The van der Waals surface area contributed by atoms with Crippen molar-refractivity contribution in [3.05, 3.63) is 34.4 Å². The van der Waals surface area contributed by atoms with Gasteiger partial charge in [0.05, 0.1) is 4.92 Å². The number of hydrogen-bond donors (Lipinski definition) is 1. The summed E-state index contributed by atoms with van der Waals surface area (Å²) in [6, 6.07) is 6.65. The fourth-order valence-electron chi connectivity index (χ4n) is 1.64. The lowest BCUT2D eigenvalue weighted by atomic mass is 10.1. The highest BCUT2D eigenvalue weighted by atomic mass is 16.6. The Morgan fingerprint density at radius 1 is 1.47 bits per heavy atom. The minimum atomic E-state index is -0.408. The molecular formula is C12H17N3O2. The molecule has 1 aromatic rings. The standard InChI is InChI=1S/C12H17N3O2/c1-9(13)8-10(2)14(3)11-4-6-12(7-5-11)15(16)17/h4-7,10,13H,8H2,1-3H3. The molecule has 1 aromatic carbocycles. The Hall–Kier alpha value is -1.91. The van der Waals surface area contributed by atoms with Crippen LogP contribution in [0.2, 0.25) is 0 Å². The summed E-state index contributed by atoms with van der Waals surface area (Å²) in [7, 11) is 1.93. The van der Waals surface area contributed by atoms with Gasteiger partial charge in [0.25, 0.3) is 5.69 Å². The minimum absolute atomic E-state index is 0.0954. The second-order valence-corrected chi connectivity index (χ2v) is 4.22. The highest BCUT2D eigenvalue weighted by molar-refractivity contribution is 5.79. The minimum Gasteiger partial charge on any atom is -0.372 e. The van der Waals surface area contributed by atoms with E-state index in [1.807, 2.05) is 18.9 Å². The topological polar surface area (TPSA) is 70.2 Å². The second kappa shape index (κ2) is 5.43. The molecule has 0 fully saturated rings. The monoisotopic (exact) mass is 235 g/mol. The molecule has 0 aliphatic rings. The zero-order valence-electron chi connectivity index (χ0n) is 10.3. The molecule has 17 heavy (non-hydrogen) atoms. The average molecular weight is 235 g/mol. The highest BCUT2D eigenvalue weighted by Crippen LogP contribution is 2.20. The fraction of sp³-hybridized carbons (Fsp3) is 0.417. The number of nitrogens with zero attached hydrogens (tertiary/aromatic N) is 2. The van der Waals surface area contributed by atoms with E-state index in [9.17, 15) is 10.1 Å². The Morgan fingerprint density at radius 2 is 2.00 bits per heavy atom. The van der Waals surface area contributed by atoms with Crippen LogP contribution in [0.15, 0.2) is 24.3 Å². The molecule has 92 valence electrons.